The van der Waals surface area contributed by atoms with Crippen LogP contribution in [0.1, 0.15) is 44.4 Å². The second-order valence-corrected chi connectivity index (χ2v) is 9.73. The Morgan fingerprint density at radius 2 is 1.62 bits per heavy atom. The number of carbonyl (C=O) groups excluding carboxylic acids is 3. The largest absolute Gasteiger partial charge is 0.508 e. The number of benzene rings is 1. The molecule has 214 valence electrons. The average molecular weight is 546 g/mol. The van der Waals surface area contributed by atoms with Crippen LogP contribution in [0.5, 0.6) is 5.75 Å². The first-order valence-electron chi connectivity index (χ1n) is 12.9. The lowest BCUT2D eigenvalue weighted by Gasteiger charge is -2.27. The molecule has 39 heavy (non-hydrogen) atoms. The number of nitrogens with one attached hydrogen (secondary N) is 4. The van der Waals surface area contributed by atoms with Gasteiger partial charge >= 0.3 is 5.97 Å². The minimum Gasteiger partial charge on any atom is -0.508 e. The number of aromatic amines is 1. The van der Waals surface area contributed by atoms with E-state index in [0.717, 1.165) is 0 Å². The molecule has 1 heterocycles. The third-order valence-electron chi connectivity index (χ3n) is 6.16. The van der Waals surface area contributed by atoms with Crippen molar-refractivity contribution in [2.45, 2.75) is 70.1 Å². The second kappa shape index (κ2) is 15.4. The van der Waals surface area contributed by atoms with Gasteiger partial charge < -0.3 is 42.6 Å². The molecule has 4 atom stereocenters. The Balaban J connectivity index is 2.13. The number of imidazole rings is 1. The second-order valence-electron chi connectivity index (χ2n) is 9.73. The maximum absolute atomic E-state index is 13.3. The highest BCUT2D eigenvalue weighted by Gasteiger charge is 2.32. The number of carboxylic acids is 1. The fourth-order valence-electron chi connectivity index (χ4n) is 3.86. The molecule has 0 saturated carbocycles. The normalized spacial score (nSPS) is 14.2. The van der Waals surface area contributed by atoms with Gasteiger partial charge in [-0.1, -0.05) is 32.4 Å². The number of nitrogens with two attached hydrogens (primary N) is 2. The number of hydrogen-bond acceptors (Lipinski definition) is 8. The zero-order valence-corrected chi connectivity index (χ0v) is 22.2. The third kappa shape index (κ3) is 10.4. The number of H-pyrrole nitrogens is 1. The standard InChI is InChI=1S/C26H39N7O6/c1-15(2)22(25(37)32-21(26(38)39)11-16-6-8-18(34)9-7-16)33-24(36)20(12-17-13-29-14-30-17)31-23(35)19(28)5-3-4-10-27/h6-9,13-15,19-22,34H,3-5,10-12,27-28H2,1-2H3,(H,29,30)(H,31,35)(H,32,37)(H,33,36)(H,38,39). The quantitative estimate of drug-likeness (QED) is 0.128. The molecule has 10 N–H and O–H groups in total. The van der Waals surface area contributed by atoms with Gasteiger partial charge in [-0.15, -0.1) is 0 Å². The number of rotatable bonds is 16. The molecule has 13 nitrogen and oxygen atoms in total. The number of phenols is 1. The number of unbranched alkanes of at least 4 members (excludes halogenated alkanes) is 1. The molecule has 1 aromatic heterocycles. The van der Waals surface area contributed by atoms with Gasteiger partial charge in [0.2, 0.25) is 17.7 Å². The van der Waals surface area contributed by atoms with Crippen molar-refractivity contribution in [2.24, 2.45) is 17.4 Å². The average Bonchev–Trinajstić information content (AvgIpc) is 3.40. The molecule has 1 aromatic carbocycles. The van der Waals surface area contributed by atoms with Gasteiger partial charge in [-0.2, -0.15) is 0 Å². The minimum absolute atomic E-state index is 0.0271. The Hall–Kier alpha value is -3.97. The summed E-state index contributed by atoms with van der Waals surface area (Å²) in [6, 6.07) is 1.70. The number of aromatic hydroxyl groups is 1. The maximum atomic E-state index is 13.3. The summed E-state index contributed by atoms with van der Waals surface area (Å²) in [5, 5.41) is 26.9. The molecular formula is C26H39N7O6. The van der Waals surface area contributed by atoms with Gasteiger partial charge in [0.05, 0.1) is 12.4 Å². The Labute approximate surface area is 227 Å². The van der Waals surface area contributed by atoms with Crippen LogP contribution in [0, 0.1) is 5.92 Å². The van der Waals surface area contributed by atoms with Crippen molar-refractivity contribution in [1.29, 1.82) is 0 Å². The van der Waals surface area contributed by atoms with E-state index in [9.17, 15) is 29.4 Å². The molecular weight excluding hydrogens is 506 g/mol. The fraction of sp³-hybridized carbons (Fsp3) is 0.500. The molecule has 4 unspecified atom stereocenters. The number of carboxylic acid groups (broad SMARTS) is 1. The molecule has 0 saturated heterocycles. The van der Waals surface area contributed by atoms with E-state index in [1.165, 1.54) is 24.7 Å². The minimum atomic E-state index is -1.27. The van der Waals surface area contributed by atoms with Crippen LogP contribution in [0.15, 0.2) is 36.8 Å². The lowest BCUT2D eigenvalue weighted by atomic mass is 10.00. The molecule has 13 heteroatoms. The zero-order chi connectivity index (χ0) is 28.9. The van der Waals surface area contributed by atoms with Gasteiger partial charge in [0, 0.05) is 24.7 Å². The molecule has 2 rings (SSSR count). The Kier molecular flexibility index (Phi) is 12.4. The summed E-state index contributed by atoms with van der Waals surface area (Å²) in [6.45, 7) is 3.89. The van der Waals surface area contributed by atoms with Crippen molar-refractivity contribution in [3.63, 3.8) is 0 Å². The van der Waals surface area contributed by atoms with E-state index >= 15 is 0 Å². The van der Waals surface area contributed by atoms with E-state index < -0.39 is 53.8 Å². The molecule has 0 aliphatic rings. The lowest BCUT2D eigenvalue weighted by molar-refractivity contribution is -0.142. The summed E-state index contributed by atoms with van der Waals surface area (Å²) in [5.74, 6) is -3.46. The predicted octanol–water partition coefficient (Wildman–Crippen LogP) is -0.448. The van der Waals surface area contributed by atoms with E-state index in [1.807, 2.05) is 0 Å². The van der Waals surface area contributed by atoms with Crippen LogP contribution in [0.3, 0.4) is 0 Å². The number of aliphatic carboxylic acids is 1. The summed E-state index contributed by atoms with van der Waals surface area (Å²) in [6.07, 6.45) is 4.77. The Bertz CT molecular complexity index is 1070. The highest BCUT2D eigenvalue weighted by atomic mass is 16.4. The molecule has 0 aliphatic heterocycles. The summed E-state index contributed by atoms with van der Waals surface area (Å²) in [4.78, 5) is 57.8. The Morgan fingerprint density at radius 1 is 0.949 bits per heavy atom. The van der Waals surface area contributed by atoms with Crippen LogP contribution in [0.25, 0.3) is 0 Å². The van der Waals surface area contributed by atoms with Crippen molar-refractivity contribution in [1.82, 2.24) is 25.9 Å². The van der Waals surface area contributed by atoms with Crippen molar-refractivity contribution >= 4 is 23.7 Å². The van der Waals surface area contributed by atoms with Crippen LogP contribution in [-0.2, 0) is 32.0 Å². The molecule has 2 aromatic rings. The van der Waals surface area contributed by atoms with Crippen LogP contribution >= 0.6 is 0 Å². The van der Waals surface area contributed by atoms with Gasteiger partial charge in [0.25, 0.3) is 0 Å². The number of aromatic nitrogens is 2. The van der Waals surface area contributed by atoms with E-state index in [4.69, 9.17) is 11.5 Å². The molecule has 0 spiro atoms. The van der Waals surface area contributed by atoms with Gasteiger partial charge in [0.15, 0.2) is 0 Å². The summed E-state index contributed by atoms with van der Waals surface area (Å²) >= 11 is 0. The lowest BCUT2D eigenvalue weighted by Crippen LogP contribution is -2.59. The van der Waals surface area contributed by atoms with E-state index in [-0.39, 0.29) is 18.6 Å². The third-order valence-corrected chi connectivity index (χ3v) is 6.16. The molecule has 3 amide bonds. The maximum Gasteiger partial charge on any atom is 0.326 e. The van der Waals surface area contributed by atoms with Crippen molar-refractivity contribution in [2.75, 3.05) is 6.54 Å². The molecule has 0 fully saturated rings. The van der Waals surface area contributed by atoms with Crippen LogP contribution < -0.4 is 27.4 Å². The first kappa shape index (κ1) is 31.2. The van der Waals surface area contributed by atoms with Crippen LogP contribution in [-0.4, -0.2) is 74.6 Å². The number of nitrogens with zero attached hydrogens (tertiary/aromatic N) is 1. The van der Waals surface area contributed by atoms with E-state index in [1.54, 1.807) is 26.0 Å². The highest BCUT2D eigenvalue weighted by Crippen LogP contribution is 2.12. The van der Waals surface area contributed by atoms with Crippen molar-refractivity contribution in [3.05, 3.63) is 48.0 Å². The van der Waals surface area contributed by atoms with Crippen molar-refractivity contribution < 1.29 is 29.4 Å². The van der Waals surface area contributed by atoms with Crippen molar-refractivity contribution in [3.8, 4) is 5.75 Å². The smallest absolute Gasteiger partial charge is 0.326 e. The van der Waals surface area contributed by atoms with Gasteiger partial charge in [-0.05, 0) is 43.0 Å². The summed E-state index contributed by atoms with van der Waals surface area (Å²) in [7, 11) is 0. The topological polar surface area (TPSA) is 226 Å². The SMILES string of the molecule is CC(C)C(NC(=O)C(Cc1cnc[nH]1)NC(=O)C(N)CCCCN)C(=O)NC(Cc1ccc(O)cc1)C(=O)O. The molecule has 0 aliphatic carbocycles. The first-order valence-corrected chi connectivity index (χ1v) is 12.9. The first-order chi connectivity index (χ1) is 18.5. The number of carbonyl (C=O) groups is 4. The van der Waals surface area contributed by atoms with E-state index in [2.05, 4.69) is 25.9 Å². The Morgan fingerprint density at radius 3 is 2.18 bits per heavy atom. The summed E-state index contributed by atoms with van der Waals surface area (Å²) < 4.78 is 0. The van der Waals surface area contributed by atoms with Gasteiger partial charge in [-0.3, -0.25) is 14.4 Å². The highest BCUT2D eigenvalue weighted by molar-refractivity contribution is 5.94. The zero-order valence-electron chi connectivity index (χ0n) is 22.2. The predicted molar refractivity (Wildman–Crippen MR) is 143 cm³/mol. The van der Waals surface area contributed by atoms with Gasteiger partial charge in [-0.25, -0.2) is 9.78 Å². The molecule has 0 radical (unpaired) electrons. The summed E-state index contributed by atoms with van der Waals surface area (Å²) in [5.41, 5.74) is 12.7. The van der Waals surface area contributed by atoms with Crippen LogP contribution in [0.2, 0.25) is 0 Å². The number of amides is 3. The van der Waals surface area contributed by atoms with Gasteiger partial charge in [0.1, 0.15) is 23.9 Å². The number of hydrogen-bond donors (Lipinski definition) is 8. The monoisotopic (exact) mass is 545 g/mol. The number of phenolic OH excluding ortho intramolecular Hbond substituents is 1. The fourth-order valence-corrected chi connectivity index (χ4v) is 3.86. The van der Waals surface area contributed by atoms with E-state index in [0.29, 0.717) is 37.1 Å². The van der Waals surface area contributed by atoms with Crippen LogP contribution in [0.4, 0.5) is 0 Å². The molecule has 0 bridgehead atoms.